The van der Waals surface area contributed by atoms with Crippen molar-refractivity contribution in [2.75, 3.05) is 0 Å². The molecule has 3 aromatic heterocycles. The lowest BCUT2D eigenvalue weighted by Gasteiger charge is -2.05. The molecule has 8 heteroatoms. The molecular formula is C19H15N3O3S2. The molecule has 0 spiro atoms. The average molecular weight is 397 g/mol. The Bertz CT molecular complexity index is 1120. The van der Waals surface area contributed by atoms with Crippen molar-refractivity contribution in [3.63, 3.8) is 0 Å². The molecule has 136 valence electrons. The number of benzene rings is 1. The SMILES string of the molecule is Cc1cc(C(=O)NNC(=O)c2ccc(-c3nc4ccccc4s3)s2)c(C)o1. The highest BCUT2D eigenvalue weighted by molar-refractivity contribution is 7.26. The predicted octanol–water partition coefficient (Wildman–Crippen LogP) is 4.31. The second-order valence-electron chi connectivity index (χ2n) is 5.89. The summed E-state index contributed by atoms with van der Waals surface area (Å²) < 4.78 is 6.43. The van der Waals surface area contributed by atoms with E-state index in [1.165, 1.54) is 11.3 Å². The van der Waals surface area contributed by atoms with Gasteiger partial charge in [-0.05, 0) is 44.2 Å². The number of para-hydroxylation sites is 1. The summed E-state index contributed by atoms with van der Waals surface area (Å²) in [6, 6.07) is 13.1. The minimum absolute atomic E-state index is 0.376. The Hall–Kier alpha value is -2.97. The van der Waals surface area contributed by atoms with E-state index in [1.54, 1.807) is 37.3 Å². The fraction of sp³-hybridized carbons (Fsp3) is 0.105. The number of amides is 2. The van der Waals surface area contributed by atoms with E-state index in [1.807, 2.05) is 30.3 Å². The van der Waals surface area contributed by atoms with Gasteiger partial charge < -0.3 is 4.42 Å². The molecule has 0 saturated carbocycles. The van der Waals surface area contributed by atoms with Crippen molar-refractivity contribution in [3.05, 3.63) is 64.4 Å². The van der Waals surface area contributed by atoms with E-state index in [0.717, 1.165) is 20.1 Å². The summed E-state index contributed by atoms with van der Waals surface area (Å²) in [6.45, 7) is 3.46. The van der Waals surface area contributed by atoms with E-state index >= 15 is 0 Å². The van der Waals surface area contributed by atoms with Gasteiger partial charge in [0, 0.05) is 0 Å². The van der Waals surface area contributed by atoms with Crippen molar-refractivity contribution in [3.8, 4) is 9.88 Å². The second-order valence-corrected chi connectivity index (χ2v) is 8.00. The van der Waals surface area contributed by atoms with Crippen LogP contribution in [0.15, 0.2) is 46.9 Å². The topological polar surface area (TPSA) is 84.2 Å². The number of carbonyl (C=O) groups excluding carboxylic acids is 2. The van der Waals surface area contributed by atoms with E-state index in [9.17, 15) is 9.59 Å². The maximum atomic E-state index is 12.3. The van der Waals surface area contributed by atoms with Gasteiger partial charge >= 0.3 is 0 Å². The molecule has 1 aromatic carbocycles. The first kappa shape index (κ1) is 17.4. The van der Waals surface area contributed by atoms with Crippen LogP contribution in [0, 0.1) is 13.8 Å². The Labute approximate surface area is 162 Å². The van der Waals surface area contributed by atoms with Crippen LogP contribution in [0.3, 0.4) is 0 Å². The Balaban J connectivity index is 1.45. The lowest BCUT2D eigenvalue weighted by molar-refractivity contribution is 0.0848. The Morgan fingerprint density at radius 2 is 1.78 bits per heavy atom. The molecular weight excluding hydrogens is 382 g/mol. The van der Waals surface area contributed by atoms with Crippen molar-refractivity contribution < 1.29 is 14.0 Å². The normalized spacial score (nSPS) is 10.9. The fourth-order valence-electron chi connectivity index (χ4n) is 2.65. The van der Waals surface area contributed by atoms with Gasteiger partial charge in [-0.15, -0.1) is 22.7 Å². The first-order valence-corrected chi connectivity index (χ1v) is 9.78. The van der Waals surface area contributed by atoms with Gasteiger partial charge in [0.2, 0.25) is 0 Å². The number of nitrogens with one attached hydrogen (secondary N) is 2. The molecule has 0 aliphatic heterocycles. The Kier molecular flexibility index (Phi) is 4.51. The van der Waals surface area contributed by atoms with Crippen molar-refractivity contribution in [2.24, 2.45) is 0 Å². The van der Waals surface area contributed by atoms with Crippen LogP contribution in [-0.4, -0.2) is 16.8 Å². The molecule has 2 N–H and O–H groups in total. The maximum Gasteiger partial charge on any atom is 0.279 e. The number of rotatable bonds is 3. The number of thiazole rings is 1. The monoisotopic (exact) mass is 397 g/mol. The molecule has 0 fully saturated rings. The van der Waals surface area contributed by atoms with Crippen LogP contribution in [0.25, 0.3) is 20.1 Å². The first-order valence-electron chi connectivity index (χ1n) is 8.15. The number of thiophene rings is 1. The summed E-state index contributed by atoms with van der Waals surface area (Å²) in [5, 5.41) is 0.869. The molecule has 0 aliphatic carbocycles. The number of fused-ring (bicyclic) bond motifs is 1. The average Bonchev–Trinajstić information content (AvgIpc) is 3.36. The zero-order chi connectivity index (χ0) is 19.0. The van der Waals surface area contributed by atoms with Crippen LogP contribution >= 0.6 is 22.7 Å². The van der Waals surface area contributed by atoms with Crippen molar-refractivity contribution in [2.45, 2.75) is 13.8 Å². The van der Waals surface area contributed by atoms with Gasteiger partial charge in [-0.25, -0.2) is 4.98 Å². The molecule has 0 unspecified atom stereocenters. The number of furan rings is 1. The van der Waals surface area contributed by atoms with E-state index in [4.69, 9.17) is 4.42 Å². The van der Waals surface area contributed by atoms with Gasteiger partial charge in [-0.3, -0.25) is 20.4 Å². The molecule has 0 bridgehead atoms. The minimum Gasteiger partial charge on any atom is -0.466 e. The van der Waals surface area contributed by atoms with Gasteiger partial charge in [0.15, 0.2) is 0 Å². The van der Waals surface area contributed by atoms with Crippen LogP contribution in [0.1, 0.15) is 31.6 Å². The third-order valence-corrected chi connectivity index (χ3v) is 6.20. The van der Waals surface area contributed by atoms with Crippen LogP contribution in [0.5, 0.6) is 0 Å². The van der Waals surface area contributed by atoms with E-state index < -0.39 is 5.91 Å². The van der Waals surface area contributed by atoms with E-state index in [2.05, 4.69) is 15.8 Å². The molecule has 0 aliphatic rings. The highest BCUT2D eigenvalue weighted by Gasteiger charge is 2.16. The van der Waals surface area contributed by atoms with Crippen LogP contribution < -0.4 is 10.9 Å². The molecule has 6 nitrogen and oxygen atoms in total. The largest absolute Gasteiger partial charge is 0.466 e. The quantitative estimate of drug-likeness (QED) is 0.505. The summed E-state index contributed by atoms with van der Waals surface area (Å²) >= 11 is 2.91. The molecule has 2 amide bonds. The number of carbonyl (C=O) groups is 2. The number of hydrogen-bond donors (Lipinski definition) is 2. The van der Waals surface area contributed by atoms with Gasteiger partial charge in [0.1, 0.15) is 16.5 Å². The first-order chi connectivity index (χ1) is 13.0. The van der Waals surface area contributed by atoms with Crippen LogP contribution in [-0.2, 0) is 0 Å². The van der Waals surface area contributed by atoms with Crippen LogP contribution in [0.4, 0.5) is 0 Å². The minimum atomic E-state index is -0.416. The third-order valence-electron chi connectivity index (χ3n) is 3.91. The Morgan fingerprint density at radius 3 is 2.52 bits per heavy atom. The fourth-order valence-corrected chi connectivity index (χ4v) is 4.57. The van der Waals surface area contributed by atoms with Crippen molar-refractivity contribution in [1.82, 2.24) is 15.8 Å². The summed E-state index contributed by atoms with van der Waals surface area (Å²) in [5.74, 6) is 0.357. The molecule has 27 heavy (non-hydrogen) atoms. The van der Waals surface area contributed by atoms with Gasteiger partial charge in [-0.2, -0.15) is 0 Å². The number of aryl methyl sites for hydroxylation is 2. The molecule has 3 heterocycles. The number of aromatic nitrogens is 1. The van der Waals surface area contributed by atoms with Gasteiger partial charge in [0.05, 0.1) is 25.5 Å². The summed E-state index contributed by atoms with van der Waals surface area (Å²) in [5.41, 5.74) is 6.19. The van der Waals surface area contributed by atoms with Gasteiger partial charge in [0.25, 0.3) is 11.8 Å². The van der Waals surface area contributed by atoms with E-state index in [-0.39, 0.29) is 5.91 Å². The van der Waals surface area contributed by atoms with Gasteiger partial charge in [-0.1, -0.05) is 12.1 Å². The predicted molar refractivity (Wildman–Crippen MR) is 106 cm³/mol. The van der Waals surface area contributed by atoms with Crippen molar-refractivity contribution in [1.29, 1.82) is 0 Å². The smallest absolute Gasteiger partial charge is 0.279 e. The third kappa shape index (κ3) is 3.49. The zero-order valence-electron chi connectivity index (χ0n) is 14.5. The number of nitrogens with zero attached hydrogens (tertiary/aromatic N) is 1. The van der Waals surface area contributed by atoms with Crippen molar-refractivity contribution >= 4 is 44.7 Å². The number of hydrazine groups is 1. The van der Waals surface area contributed by atoms with E-state index in [0.29, 0.717) is 22.0 Å². The highest BCUT2D eigenvalue weighted by atomic mass is 32.1. The second kappa shape index (κ2) is 6.98. The molecule has 4 aromatic rings. The molecule has 0 atom stereocenters. The standard InChI is InChI=1S/C19H15N3O3S2/c1-10-9-12(11(2)25-10)17(23)21-22-18(24)15-7-8-16(26-15)19-20-13-5-3-4-6-14(13)27-19/h3-9H,1-2H3,(H,21,23)(H,22,24). The summed E-state index contributed by atoms with van der Waals surface area (Å²) in [6.07, 6.45) is 0. The lowest BCUT2D eigenvalue weighted by atomic mass is 10.2. The Morgan fingerprint density at radius 1 is 1.00 bits per heavy atom. The maximum absolute atomic E-state index is 12.3. The summed E-state index contributed by atoms with van der Waals surface area (Å²) in [7, 11) is 0. The summed E-state index contributed by atoms with van der Waals surface area (Å²) in [4.78, 5) is 30.5. The number of hydrogen-bond acceptors (Lipinski definition) is 6. The molecule has 0 saturated heterocycles. The molecule has 0 radical (unpaired) electrons. The lowest BCUT2D eigenvalue weighted by Crippen LogP contribution is -2.41. The molecule has 4 rings (SSSR count). The highest BCUT2D eigenvalue weighted by Crippen LogP contribution is 2.34. The van der Waals surface area contributed by atoms with Crippen LogP contribution in [0.2, 0.25) is 0 Å². The zero-order valence-corrected chi connectivity index (χ0v) is 16.2.